The molecule has 5 heteroatoms. The Kier molecular flexibility index (Phi) is 5.84. The molecule has 0 heterocycles. The van der Waals surface area contributed by atoms with Gasteiger partial charge in [0.1, 0.15) is 11.8 Å². The molecular weight excluding hydrogens is 338 g/mol. The molecule has 27 heavy (non-hydrogen) atoms. The van der Waals surface area contributed by atoms with E-state index in [0.29, 0.717) is 11.3 Å². The zero-order chi connectivity index (χ0) is 19.2. The summed E-state index contributed by atoms with van der Waals surface area (Å²) in [7, 11) is 0. The fourth-order valence-electron chi connectivity index (χ4n) is 2.98. The second kappa shape index (κ2) is 8.47. The molecule has 0 fully saturated rings. The third kappa shape index (κ3) is 4.51. The molecule has 0 aliphatic rings. The molecule has 4 N–H and O–H groups in total. The lowest BCUT2D eigenvalue weighted by atomic mass is 10.0. The highest BCUT2D eigenvalue weighted by atomic mass is 16.3. The molecule has 0 aromatic heterocycles. The van der Waals surface area contributed by atoms with Crippen molar-refractivity contribution in [2.75, 3.05) is 6.54 Å². The van der Waals surface area contributed by atoms with E-state index in [2.05, 4.69) is 17.5 Å². The molecule has 138 valence electrons. The molecule has 3 aromatic rings. The molecule has 5 nitrogen and oxygen atoms in total. The maximum absolute atomic E-state index is 12.1. The van der Waals surface area contributed by atoms with E-state index in [0.717, 1.165) is 10.8 Å². The Morgan fingerprint density at radius 1 is 1.07 bits per heavy atom. The zero-order valence-electron chi connectivity index (χ0n) is 15.5. The van der Waals surface area contributed by atoms with Crippen LogP contribution in [0.1, 0.15) is 31.0 Å². The standard InChI is InChI=1S/C22H23N3O2/c1-15(17-8-4-3-5-9-17)23-14-21(26)25-24-16(2)19-13-12-18-10-6-7-11-20(18)22(19)27/h3-13,15,23,27H,14H2,1-2H3,(H,25,26)/p+1/b24-16+/t15-/m0/s1. The van der Waals surface area contributed by atoms with Crippen LogP contribution in [-0.2, 0) is 4.79 Å². The lowest BCUT2D eigenvalue weighted by Gasteiger charge is -2.10. The summed E-state index contributed by atoms with van der Waals surface area (Å²) in [5.74, 6) is -0.00901. The van der Waals surface area contributed by atoms with Crippen molar-refractivity contribution in [2.24, 2.45) is 5.10 Å². The van der Waals surface area contributed by atoms with Gasteiger partial charge in [-0.3, -0.25) is 4.79 Å². The van der Waals surface area contributed by atoms with Crippen LogP contribution < -0.4 is 10.7 Å². The van der Waals surface area contributed by atoms with E-state index in [-0.39, 0.29) is 24.2 Å². The van der Waals surface area contributed by atoms with Crippen molar-refractivity contribution in [3.8, 4) is 5.75 Å². The fourth-order valence-corrected chi connectivity index (χ4v) is 2.98. The van der Waals surface area contributed by atoms with Gasteiger partial charge in [-0.15, -0.1) is 0 Å². The van der Waals surface area contributed by atoms with E-state index in [9.17, 15) is 9.90 Å². The minimum atomic E-state index is -0.183. The van der Waals surface area contributed by atoms with Crippen LogP contribution in [0.2, 0.25) is 0 Å². The molecule has 0 saturated carbocycles. The molecule has 0 bridgehead atoms. The molecule has 0 aliphatic heterocycles. The number of quaternary nitrogens is 1. The summed E-state index contributed by atoms with van der Waals surface area (Å²) in [5.41, 5.74) is 4.91. The highest BCUT2D eigenvalue weighted by Crippen LogP contribution is 2.28. The lowest BCUT2D eigenvalue weighted by Crippen LogP contribution is -2.86. The molecule has 1 atom stereocenters. The number of carbonyl (C=O) groups excluding carboxylic acids is 1. The SMILES string of the molecule is C/C(=N\NC(=O)C[NH2+][C@@H](C)c1ccccc1)c1ccc2ccccc2c1O. The first kappa shape index (κ1) is 18.6. The summed E-state index contributed by atoms with van der Waals surface area (Å²) in [6.07, 6.45) is 0. The van der Waals surface area contributed by atoms with Crippen LogP contribution in [-0.4, -0.2) is 23.3 Å². The van der Waals surface area contributed by atoms with Gasteiger partial charge in [-0.2, -0.15) is 5.10 Å². The van der Waals surface area contributed by atoms with Crippen LogP contribution in [0.3, 0.4) is 0 Å². The van der Waals surface area contributed by atoms with E-state index >= 15 is 0 Å². The first-order chi connectivity index (χ1) is 13.1. The number of hydrogen-bond acceptors (Lipinski definition) is 3. The van der Waals surface area contributed by atoms with Gasteiger partial charge in [-0.25, -0.2) is 5.43 Å². The van der Waals surface area contributed by atoms with Crippen LogP contribution in [0, 0.1) is 0 Å². The third-order valence-electron chi connectivity index (χ3n) is 4.62. The molecule has 0 unspecified atom stereocenters. The normalized spacial score (nSPS) is 12.7. The number of phenols is 1. The molecule has 0 saturated heterocycles. The van der Waals surface area contributed by atoms with Gasteiger partial charge in [-0.05, 0) is 25.3 Å². The smallest absolute Gasteiger partial charge is 0.295 e. The monoisotopic (exact) mass is 362 g/mol. The van der Waals surface area contributed by atoms with Gasteiger partial charge in [0.2, 0.25) is 0 Å². The number of hydrogen-bond donors (Lipinski definition) is 3. The number of carbonyl (C=O) groups is 1. The van der Waals surface area contributed by atoms with Crippen molar-refractivity contribution < 1.29 is 15.2 Å². The maximum Gasteiger partial charge on any atom is 0.295 e. The van der Waals surface area contributed by atoms with E-state index in [4.69, 9.17) is 0 Å². The van der Waals surface area contributed by atoms with Gasteiger partial charge < -0.3 is 10.4 Å². The summed E-state index contributed by atoms with van der Waals surface area (Å²) in [5, 5.41) is 18.3. The van der Waals surface area contributed by atoms with Gasteiger partial charge in [0.05, 0.1) is 5.71 Å². The first-order valence-electron chi connectivity index (χ1n) is 8.98. The van der Waals surface area contributed by atoms with Gasteiger partial charge in [0.25, 0.3) is 5.91 Å². The second-order valence-electron chi connectivity index (χ2n) is 6.55. The number of hydrazone groups is 1. The third-order valence-corrected chi connectivity index (χ3v) is 4.62. The average molecular weight is 362 g/mol. The minimum Gasteiger partial charge on any atom is -0.507 e. The largest absolute Gasteiger partial charge is 0.507 e. The fraction of sp³-hybridized carbons (Fsp3) is 0.182. The summed E-state index contributed by atoms with van der Waals surface area (Å²) in [6.45, 7) is 4.10. The Bertz CT molecular complexity index is 968. The van der Waals surface area contributed by atoms with Crippen molar-refractivity contribution >= 4 is 22.4 Å². The number of nitrogens with one attached hydrogen (secondary N) is 1. The molecule has 0 radical (unpaired) electrons. The highest BCUT2D eigenvalue weighted by Gasteiger charge is 2.12. The first-order valence-corrected chi connectivity index (χ1v) is 8.98. The van der Waals surface area contributed by atoms with Crippen LogP contribution >= 0.6 is 0 Å². The molecule has 0 aliphatic carbocycles. The number of fused-ring (bicyclic) bond motifs is 1. The number of phenolic OH excluding ortho intramolecular Hbond substituents is 1. The van der Waals surface area contributed by atoms with E-state index in [1.165, 1.54) is 5.56 Å². The summed E-state index contributed by atoms with van der Waals surface area (Å²) in [4.78, 5) is 12.1. The van der Waals surface area contributed by atoms with E-state index < -0.39 is 0 Å². The minimum absolute atomic E-state index is 0.174. The van der Waals surface area contributed by atoms with Gasteiger partial charge >= 0.3 is 0 Å². The molecule has 0 spiro atoms. The second-order valence-corrected chi connectivity index (χ2v) is 6.55. The average Bonchev–Trinajstić information content (AvgIpc) is 2.71. The summed E-state index contributed by atoms with van der Waals surface area (Å²) >= 11 is 0. The van der Waals surface area contributed by atoms with Crippen molar-refractivity contribution in [3.05, 3.63) is 77.9 Å². The van der Waals surface area contributed by atoms with Gasteiger partial charge in [-0.1, -0.05) is 60.7 Å². The Balaban J connectivity index is 1.62. The van der Waals surface area contributed by atoms with Crippen LogP contribution in [0.15, 0.2) is 71.8 Å². The van der Waals surface area contributed by atoms with Gasteiger partial charge in [0.15, 0.2) is 6.54 Å². The van der Waals surface area contributed by atoms with Crippen LogP contribution in [0.4, 0.5) is 0 Å². The quantitative estimate of drug-likeness (QED) is 0.466. The van der Waals surface area contributed by atoms with E-state index in [1.54, 1.807) is 6.92 Å². The number of rotatable bonds is 6. The lowest BCUT2D eigenvalue weighted by molar-refractivity contribution is -0.682. The van der Waals surface area contributed by atoms with E-state index in [1.807, 2.05) is 72.0 Å². The number of nitrogens with zero attached hydrogens (tertiary/aromatic N) is 1. The number of nitrogens with two attached hydrogens (primary N) is 1. The Labute approximate surface area is 158 Å². The van der Waals surface area contributed by atoms with Crippen LogP contribution in [0.5, 0.6) is 5.75 Å². The van der Waals surface area contributed by atoms with Crippen molar-refractivity contribution in [2.45, 2.75) is 19.9 Å². The predicted molar refractivity (Wildman–Crippen MR) is 108 cm³/mol. The van der Waals surface area contributed by atoms with Crippen molar-refractivity contribution in [3.63, 3.8) is 0 Å². The maximum atomic E-state index is 12.1. The molecule has 1 amide bonds. The Morgan fingerprint density at radius 3 is 2.56 bits per heavy atom. The molecule has 3 aromatic carbocycles. The topological polar surface area (TPSA) is 78.3 Å². The number of aromatic hydroxyl groups is 1. The zero-order valence-corrected chi connectivity index (χ0v) is 15.5. The van der Waals surface area contributed by atoms with Gasteiger partial charge in [0, 0.05) is 16.5 Å². The molecule has 3 rings (SSSR count). The van der Waals surface area contributed by atoms with Crippen LogP contribution in [0.25, 0.3) is 10.8 Å². The number of amides is 1. The Hall–Kier alpha value is -3.18. The number of benzene rings is 3. The highest BCUT2D eigenvalue weighted by molar-refractivity contribution is 6.06. The Morgan fingerprint density at radius 2 is 1.78 bits per heavy atom. The van der Waals surface area contributed by atoms with Crippen molar-refractivity contribution in [1.82, 2.24) is 5.43 Å². The van der Waals surface area contributed by atoms with Crippen molar-refractivity contribution in [1.29, 1.82) is 0 Å². The summed E-state index contributed by atoms with van der Waals surface area (Å²) in [6, 6.07) is 21.6. The molecular formula is C22H24N3O2+. The predicted octanol–water partition coefficient (Wildman–Crippen LogP) is 2.71. The summed E-state index contributed by atoms with van der Waals surface area (Å²) < 4.78 is 0.